The van der Waals surface area contributed by atoms with Gasteiger partial charge in [-0.05, 0) is 50.0 Å². The monoisotopic (exact) mass is 502 g/mol. The van der Waals surface area contributed by atoms with E-state index in [0.29, 0.717) is 40.1 Å². The molecular formula is C26H26N6O3S. The molecule has 36 heavy (non-hydrogen) atoms. The number of nitrogens with one attached hydrogen (secondary N) is 2. The van der Waals surface area contributed by atoms with Crippen LogP contribution in [0.3, 0.4) is 0 Å². The van der Waals surface area contributed by atoms with Gasteiger partial charge in [-0.2, -0.15) is 0 Å². The van der Waals surface area contributed by atoms with E-state index in [0.717, 1.165) is 42.5 Å². The van der Waals surface area contributed by atoms with Gasteiger partial charge in [0, 0.05) is 43.1 Å². The number of amides is 4. The second-order valence-electron chi connectivity index (χ2n) is 9.45. The molecule has 0 bridgehead atoms. The fraction of sp³-hybridized carbons (Fsp3) is 0.346. The van der Waals surface area contributed by atoms with Crippen molar-refractivity contribution in [2.24, 2.45) is 0 Å². The Kier molecular flexibility index (Phi) is 5.67. The highest BCUT2D eigenvalue weighted by Crippen LogP contribution is 2.46. The highest BCUT2D eigenvalue weighted by Gasteiger charge is 2.34. The van der Waals surface area contributed by atoms with Crippen LogP contribution >= 0.6 is 11.3 Å². The lowest BCUT2D eigenvalue weighted by Gasteiger charge is -2.32. The van der Waals surface area contributed by atoms with Crippen molar-refractivity contribution in [1.29, 1.82) is 0 Å². The third-order valence-corrected chi connectivity index (χ3v) is 8.34. The van der Waals surface area contributed by atoms with E-state index >= 15 is 0 Å². The predicted octanol–water partition coefficient (Wildman–Crippen LogP) is 4.55. The third-order valence-electron chi connectivity index (χ3n) is 7.24. The maximum absolute atomic E-state index is 13.4. The summed E-state index contributed by atoms with van der Waals surface area (Å²) in [6.45, 7) is 4.65. The molecule has 4 amide bonds. The van der Waals surface area contributed by atoms with Gasteiger partial charge >= 0.3 is 6.03 Å². The number of rotatable bonds is 5. The lowest BCUT2D eigenvalue weighted by Crippen LogP contribution is -2.49. The topological polar surface area (TPSA) is 108 Å². The van der Waals surface area contributed by atoms with Crippen LogP contribution in [0.1, 0.15) is 53.4 Å². The van der Waals surface area contributed by atoms with Crippen LogP contribution < -0.4 is 15.5 Å². The molecule has 1 atom stereocenters. The van der Waals surface area contributed by atoms with E-state index in [1.54, 1.807) is 22.2 Å². The molecule has 5 heterocycles. The fourth-order valence-corrected chi connectivity index (χ4v) is 6.20. The van der Waals surface area contributed by atoms with Gasteiger partial charge in [-0.1, -0.05) is 13.0 Å². The Labute approximate surface area is 212 Å². The first-order chi connectivity index (χ1) is 17.5. The van der Waals surface area contributed by atoms with Crippen LogP contribution in [0.15, 0.2) is 43.2 Å². The van der Waals surface area contributed by atoms with E-state index < -0.39 is 0 Å². The van der Waals surface area contributed by atoms with Gasteiger partial charge in [0.2, 0.25) is 5.91 Å². The zero-order valence-electron chi connectivity index (χ0n) is 19.7. The molecule has 2 N–H and O–H groups in total. The van der Waals surface area contributed by atoms with Gasteiger partial charge in [0.05, 0.1) is 22.4 Å². The smallest absolute Gasteiger partial charge is 0.331 e. The van der Waals surface area contributed by atoms with Crippen LogP contribution in [0.2, 0.25) is 0 Å². The van der Waals surface area contributed by atoms with Crippen LogP contribution in [0, 0.1) is 0 Å². The molecule has 9 nitrogen and oxygen atoms in total. The van der Waals surface area contributed by atoms with Crippen LogP contribution in [0.25, 0.3) is 10.2 Å². The highest BCUT2D eigenvalue weighted by atomic mass is 32.1. The number of pyridine rings is 2. The molecule has 2 fully saturated rings. The minimum absolute atomic E-state index is 0.135. The molecule has 3 aromatic rings. The van der Waals surface area contributed by atoms with Crippen LogP contribution in [0.5, 0.6) is 0 Å². The molecule has 1 saturated heterocycles. The highest BCUT2D eigenvalue weighted by molar-refractivity contribution is 7.21. The number of anilines is 3. The first-order valence-electron chi connectivity index (χ1n) is 12.2. The van der Waals surface area contributed by atoms with Crippen molar-refractivity contribution in [3.05, 3.63) is 53.8 Å². The number of aromatic nitrogens is 2. The van der Waals surface area contributed by atoms with Crippen molar-refractivity contribution < 1.29 is 14.4 Å². The summed E-state index contributed by atoms with van der Waals surface area (Å²) >= 11 is 1.26. The summed E-state index contributed by atoms with van der Waals surface area (Å²) in [4.78, 5) is 52.2. The van der Waals surface area contributed by atoms with Crippen molar-refractivity contribution in [1.82, 2.24) is 20.2 Å². The summed E-state index contributed by atoms with van der Waals surface area (Å²) < 4.78 is 0. The Morgan fingerprint density at radius 1 is 1.17 bits per heavy atom. The van der Waals surface area contributed by atoms with Crippen LogP contribution in [0.4, 0.5) is 21.9 Å². The Morgan fingerprint density at radius 2 is 2.00 bits per heavy atom. The minimum atomic E-state index is -0.325. The van der Waals surface area contributed by atoms with Gasteiger partial charge in [-0.25, -0.2) is 9.78 Å². The number of carbonyl (C=O) groups excluding carboxylic acids is 3. The summed E-state index contributed by atoms with van der Waals surface area (Å²) in [6, 6.07) is 5.13. The van der Waals surface area contributed by atoms with E-state index in [9.17, 15) is 14.4 Å². The van der Waals surface area contributed by atoms with Gasteiger partial charge in [-0.3, -0.25) is 19.5 Å². The standard InChI is InChI=1S/C26H26N6O3S/c1-2-20(33)31-12-4-7-16(14-31)29-24(34)23-22-21-19(9-11-28-25(21)36-23)32(26(35)30-22)17-8-10-27-18(13-17)15-5-3-6-15/h2,8-11,13,15-16H,1,3-7,12,14H2,(H,29,34)(H,30,35)/t16-/m1/s1. The Hall–Kier alpha value is -3.79. The van der Waals surface area contributed by atoms with Crippen molar-refractivity contribution in [2.45, 2.75) is 44.1 Å². The molecule has 3 aromatic heterocycles. The molecule has 10 heteroatoms. The SMILES string of the molecule is C=CC(=O)N1CCC[C@@H](NC(=O)c2sc3nccc4c3c2NC(=O)N4c2ccnc(C3CCC3)c2)C1. The van der Waals surface area contributed by atoms with E-state index in [4.69, 9.17) is 0 Å². The maximum Gasteiger partial charge on any atom is 0.331 e. The number of piperidine rings is 1. The average Bonchev–Trinajstić information content (AvgIpc) is 3.22. The molecule has 0 radical (unpaired) electrons. The van der Waals surface area contributed by atoms with E-state index in [1.807, 2.05) is 18.2 Å². The molecular weight excluding hydrogens is 476 g/mol. The molecule has 3 aliphatic rings. The Morgan fingerprint density at radius 3 is 2.78 bits per heavy atom. The average molecular weight is 503 g/mol. The van der Waals surface area contributed by atoms with E-state index in [-0.39, 0.29) is 23.9 Å². The number of urea groups is 1. The van der Waals surface area contributed by atoms with Crippen molar-refractivity contribution in [2.75, 3.05) is 23.3 Å². The summed E-state index contributed by atoms with van der Waals surface area (Å²) in [5, 5.41) is 6.76. The first-order valence-corrected chi connectivity index (χ1v) is 13.1. The van der Waals surface area contributed by atoms with Gasteiger partial charge < -0.3 is 15.5 Å². The van der Waals surface area contributed by atoms with Gasteiger partial charge in [0.15, 0.2) is 0 Å². The van der Waals surface area contributed by atoms with E-state index in [2.05, 4.69) is 27.2 Å². The van der Waals surface area contributed by atoms with Crippen molar-refractivity contribution >= 4 is 56.5 Å². The minimum Gasteiger partial charge on any atom is -0.347 e. The lowest BCUT2D eigenvalue weighted by atomic mass is 9.82. The fourth-order valence-electron chi connectivity index (χ4n) is 5.18. The van der Waals surface area contributed by atoms with E-state index in [1.165, 1.54) is 23.8 Å². The van der Waals surface area contributed by atoms with Crippen molar-refractivity contribution in [3.63, 3.8) is 0 Å². The first kappa shape index (κ1) is 22.7. The Bertz CT molecular complexity index is 1400. The zero-order valence-corrected chi connectivity index (χ0v) is 20.5. The van der Waals surface area contributed by atoms with Gasteiger partial charge in [0.1, 0.15) is 9.71 Å². The Balaban J connectivity index is 1.32. The van der Waals surface area contributed by atoms with Gasteiger partial charge in [-0.15, -0.1) is 11.3 Å². The number of thiophene rings is 1. The van der Waals surface area contributed by atoms with Crippen molar-refractivity contribution in [3.8, 4) is 0 Å². The third kappa shape index (κ3) is 3.81. The molecule has 2 aliphatic heterocycles. The molecule has 1 aliphatic carbocycles. The second-order valence-corrected chi connectivity index (χ2v) is 10.4. The predicted molar refractivity (Wildman–Crippen MR) is 139 cm³/mol. The lowest BCUT2D eigenvalue weighted by molar-refractivity contribution is -0.127. The number of carbonyl (C=O) groups is 3. The second kappa shape index (κ2) is 9.02. The zero-order chi connectivity index (χ0) is 24.8. The normalized spacial score (nSPS) is 19.6. The molecule has 1 saturated carbocycles. The van der Waals surface area contributed by atoms with Gasteiger partial charge in [0.25, 0.3) is 5.91 Å². The quantitative estimate of drug-likeness (QED) is 0.498. The number of hydrogen-bond donors (Lipinski definition) is 2. The summed E-state index contributed by atoms with van der Waals surface area (Å²) in [5.74, 6) is 0.0326. The number of likely N-dealkylation sites (tertiary alicyclic amines) is 1. The molecule has 0 aromatic carbocycles. The molecule has 0 unspecified atom stereocenters. The molecule has 0 spiro atoms. The summed E-state index contributed by atoms with van der Waals surface area (Å²) in [7, 11) is 0. The summed E-state index contributed by atoms with van der Waals surface area (Å²) in [5.41, 5.74) is 2.93. The van der Waals surface area contributed by atoms with Crippen LogP contribution in [-0.2, 0) is 4.79 Å². The molecule has 6 rings (SSSR count). The number of nitrogens with zero attached hydrogens (tertiary/aromatic N) is 4. The number of hydrogen-bond acceptors (Lipinski definition) is 6. The molecule has 184 valence electrons. The maximum atomic E-state index is 13.4. The summed E-state index contributed by atoms with van der Waals surface area (Å²) in [6.07, 6.45) is 9.74. The largest absolute Gasteiger partial charge is 0.347 e. The van der Waals surface area contributed by atoms with Crippen LogP contribution in [-0.4, -0.2) is 51.8 Å².